The van der Waals surface area contributed by atoms with Gasteiger partial charge in [0.25, 0.3) is 0 Å². The van der Waals surface area contributed by atoms with Crippen molar-refractivity contribution in [3.05, 3.63) is 47.7 Å². The fourth-order valence-electron chi connectivity index (χ4n) is 1.33. The van der Waals surface area contributed by atoms with Crippen LogP contribution in [0.5, 0.6) is 0 Å². The van der Waals surface area contributed by atoms with E-state index < -0.39 is 5.82 Å². The van der Waals surface area contributed by atoms with Crippen LogP contribution in [0, 0.1) is 28.5 Å². The third-order valence-corrected chi connectivity index (χ3v) is 2.15. The molecule has 2 rings (SSSR count). The Morgan fingerprint density at radius 3 is 2.56 bits per heavy atom. The minimum Gasteiger partial charge on any atom is -0.338 e. The minimum atomic E-state index is -0.607. The quantitative estimate of drug-likeness (QED) is 0.867. The van der Waals surface area contributed by atoms with E-state index in [1.54, 1.807) is 12.1 Å². The van der Waals surface area contributed by atoms with E-state index in [0.29, 0.717) is 11.5 Å². The third-order valence-electron chi connectivity index (χ3n) is 2.15. The Labute approximate surface area is 102 Å². The zero-order chi connectivity index (χ0) is 13.0. The second kappa shape index (κ2) is 4.89. The van der Waals surface area contributed by atoms with Crippen LogP contribution < -0.4 is 5.32 Å². The molecule has 0 unspecified atom stereocenters. The Morgan fingerprint density at radius 1 is 1.11 bits per heavy atom. The first-order valence-electron chi connectivity index (χ1n) is 4.92. The van der Waals surface area contributed by atoms with Gasteiger partial charge in [-0.05, 0) is 12.1 Å². The van der Waals surface area contributed by atoms with Crippen molar-refractivity contribution in [3.8, 4) is 12.1 Å². The summed E-state index contributed by atoms with van der Waals surface area (Å²) in [6.07, 6.45) is 2.62. The normalized spacial score (nSPS) is 9.28. The van der Waals surface area contributed by atoms with E-state index in [-0.39, 0.29) is 11.3 Å². The van der Waals surface area contributed by atoms with Gasteiger partial charge in [0.05, 0.1) is 18.1 Å². The van der Waals surface area contributed by atoms with Crippen LogP contribution >= 0.6 is 0 Å². The zero-order valence-corrected chi connectivity index (χ0v) is 9.05. The van der Waals surface area contributed by atoms with Gasteiger partial charge in [-0.3, -0.25) is 0 Å². The maximum Gasteiger partial charge on any atom is 0.158 e. The van der Waals surface area contributed by atoms with Gasteiger partial charge in [-0.25, -0.2) is 14.4 Å². The summed E-state index contributed by atoms with van der Waals surface area (Å²) in [6, 6.07) is 7.85. The lowest BCUT2D eigenvalue weighted by molar-refractivity contribution is 0.624. The van der Waals surface area contributed by atoms with Gasteiger partial charge in [-0.1, -0.05) is 6.07 Å². The molecule has 1 N–H and O–H groups in total. The number of nitrogens with one attached hydrogen (secondary N) is 1. The Balaban J connectivity index is 2.32. The molecule has 0 aliphatic heterocycles. The van der Waals surface area contributed by atoms with E-state index in [2.05, 4.69) is 15.3 Å². The van der Waals surface area contributed by atoms with Crippen LogP contribution in [-0.2, 0) is 0 Å². The minimum absolute atomic E-state index is 0.0938. The third kappa shape index (κ3) is 2.23. The molecule has 0 spiro atoms. The molecule has 18 heavy (non-hydrogen) atoms. The molecule has 0 saturated carbocycles. The fraction of sp³-hybridized carbons (Fsp3) is 0. The molecular weight excluding hydrogens is 233 g/mol. The van der Waals surface area contributed by atoms with Crippen molar-refractivity contribution < 1.29 is 4.39 Å². The highest BCUT2D eigenvalue weighted by molar-refractivity contribution is 5.64. The Bertz CT molecular complexity index is 652. The van der Waals surface area contributed by atoms with E-state index in [1.165, 1.54) is 24.5 Å². The average molecular weight is 239 g/mol. The number of nitrogens with zero attached hydrogens (tertiary/aromatic N) is 4. The first-order chi connectivity index (χ1) is 8.74. The van der Waals surface area contributed by atoms with Gasteiger partial charge in [-0.2, -0.15) is 10.5 Å². The number of aromatic nitrogens is 2. The SMILES string of the molecule is N#Cc1cnc(Nc2cccc(F)c2C#N)cn1. The summed E-state index contributed by atoms with van der Waals surface area (Å²) < 4.78 is 13.3. The van der Waals surface area contributed by atoms with E-state index in [0.717, 1.165) is 0 Å². The number of rotatable bonds is 2. The van der Waals surface area contributed by atoms with Crippen molar-refractivity contribution in [2.75, 3.05) is 5.32 Å². The molecule has 0 aliphatic rings. The molecule has 0 bridgehead atoms. The van der Waals surface area contributed by atoms with Crippen LogP contribution in [0.3, 0.4) is 0 Å². The van der Waals surface area contributed by atoms with Crippen LogP contribution in [0.2, 0.25) is 0 Å². The molecule has 5 nitrogen and oxygen atoms in total. The van der Waals surface area contributed by atoms with Crippen LogP contribution in [0.15, 0.2) is 30.6 Å². The van der Waals surface area contributed by atoms with Crippen molar-refractivity contribution in [1.29, 1.82) is 10.5 Å². The topological polar surface area (TPSA) is 85.4 Å². The van der Waals surface area contributed by atoms with E-state index >= 15 is 0 Å². The number of benzene rings is 1. The average Bonchev–Trinajstić information content (AvgIpc) is 2.40. The van der Waals surface area contributed by atoms with E-state index in [4.69, 9.17) is 10.5 Å². The highest BCUT2D eigenvalue weighted by atomic mass is 19.1. The maximum atomic E-state index is 13.3. The predicted octanol–water partition coefficient (Wildman–Crippen LogP) is 2.10. The van der Waals surface area contributed by atoms with Gasteiger partial charge < -0.3 is 5.32 Å². The first-order valence-corrected chi connectivity index (χ1v) is 4.92. The molecule has 0 atom stereocenters. The first kappa shape index (κ1) is 11.5. The summed E-state index contributed by atoms with van der Waals surface area (Å²) >= 11 is 0. The Kier molecular flexibility index (Phi) is 3.13. The molecule has 1 aromatic heterocycles. The number of anilines is 2. The molecule has 0 aliphatic carbocycles. The molecule has 2 aromatic rings. The lowest BCUT2D eigenvalue weighted by atomic mass is 10.2. The predicted molar refractivity (Wildman–Crippen MR) is 61.1 cm³/mol. The Hall–Kier alpha value is -2.99. The van der Waals surface area contributed by atoms with Crippen molar-refractivity contribution in [3.63, 3.8) is 0 Å². The van der Waals surface area contributed by atoms with Gasteiger partial charge in [0.1, 0.15) is 29.3 Å². The smallest absolute Gasteiger partial charge is 0.158 e. The monoisotopic (exact) mass is 239 g/mol. The molecule has 0 saturated heterocycles. The summed E-state index contributed by atoms with van der Waals surface area (Å²) in [5, 5.41) is 20.2. The maximum absolute atomic E-state index is 13.3. The second-order valence-electron chi connectivity index (χ2n) is 3.30. The summed E-state index contributed by atoms with van der Waals surface area (Å²) in [6.45, 7) is 0. The molecular formula is C12H6FN5. The Morgan fingerprint density at radius 2 is 1.94 bits per heavy atom. The summed E-state index contributed by atoms with van der Waals surface area (Å²) in [5.74, 6) is -0.278. The van der Waals surface area contributed by atoms with Gasteiger partial charge >= 0.3 is 0 Å². The van der Waals surface area contributed by atoms with Gasteiger partial charge in [0, 0.05) is 0 Å². The van der Waals surface area contributed by atoms with Gasteiger partial charge in [0.15, 0.2) is 5.69 Å². The van der Waals surface area contributed by atoms with Crippen LogP contribution in [0.4, 0.5) is 15.9 Å². The summed E-state index contributed by atoms with van der Waals surface area (Å²) in [5.41, 5.74) is 0.389. The number of hydrogen-bond donors (Lipinski definition) is 1. The molecule has 0 amide bonds. The number of halogens is 1. The molecule has 0 radical (unpaired) electrons. The fourth-order valence-corrected chi connectivity index (χ4v) is 1.33. The number of nitriles is 2. The standard InChI is InChI=1S/C12H6FN5/c13-10-2-1-3-11(9(10)5-15)18-12-7-16-8(4-14)6-17-12/h1-3,6-7H,(H,17,18). The highest BCUT2D eigenvalue weighted by Gasteiger charge is 2.08. The lowest BCUT2D eigenvalue weighted by Gasteiger charge is -2.06. The van der Waals surface area contributed by atoms with Gasteiger partial charge in [0.2, 0.25) is 0 Å². The van der Waals surface area contributed by atoms with Crippen LogP contribution in [0.1, 0.15) is 11.3 Å². The molecule has 86 valence electrons. The molecule has 6 heteroatoms. The second-order valence-corrected chi connectivity index (χ2v) is 3.30. The zero-order valence-electron chi connectivity index (χ0n) is 9.05. The number of hydrogen-bond acceptors (Lipinski definition) is 5. The lowest BCUT2D eigenvalue weighted by Crippen LogP contribution is -1.99. The van der Waals surface area contributed by atoms with E-state index in [1.807, 2.05) is 6.07 Å². The van der Waals surface area contributed by atoms with Crippen molar-refractivity contribution in [1.82, 2.24) is 9.97 Å². The largest absolute Gasteiger partial charge is 0.338 e. The molecule has 1 aromatic carbocycles. The van der Waals surface area contributed by atoms with Crippen LogP contribution in [-0.4, -0.2) is 9.97 Å². The van der Waals surface area contributed by atoms with Gasteiger partial charge in [-0.15, -0.1) is 0 Å². The van der Waals surface area contributed by atoms with Crippen molar-refractivity contribution >= 4 is 11.5 Å². The molecule has 1 heterocycles. The summed E-state index contributed by atoms with van der Waals surface area (Å²) in [7, 11) is 0. The van der Waals surface area contributed by atoms with E-state index in [9.17, 15) is 4.39 Å². The highest BCUT2D eigenvalue weighted by Crippen LogP contribution is 2.20. The van der Waals surface area contributed by atoms with Crippen molar-refractivity contribution in [2.24, 2.45) is 0 Å². The van der Waals surface area contributed by atoms with Crippen molar-refractivity contribution in [2.45, 2.75) is 0 Å². The van der Waals surface area contributed by atoms with Crippen LogP contribution in [0.25, 0.3) is 0 Å². The summed E-state index contributed by atoms with van der Waals surface area (Å²) in [4.78, 5) is 7.73. The molecule has 0 fully saturated rings.